The molecule has 0 aliphatic heterocycles. The summed E-state index contributed by atoms with van der Waals surface area (Å²) < 4.78 is 0. The molecule has 0 radical (unpaired) electrons. The third-order valence-corrected chi connectivity index (χ3v) is 4.62. The van der Waals surface area contributed by atoms with Gasteiger partial charge in [-0.05, 0) is 30.5 Å². The Morgan fingerprint density at radius 1 is 1.11 bits per heavy atom. The first-order chi connectivity index (χ1) is 8.75. The number of hydrogen-bond acceptors (Lipinski definition) is 4. The van der Waals surface area contributed by atoms with E-state index >= 15 is 0 Å². The first-order valence-corrected chi connectivity index (χ1v) is 7.31. The minimum absolute atomic E-state index is 0.781. The molecule has 1 aromatic carbocycles. The van der Waals surface area contributed by atoms with Gasteiger partial charge in [-0.25, -0.2) is 4.98 Å². The van der Waals surface area contributed by atoms with Crippen molar-refractivity contribution >= 4 is 28.4 Å². The Kier molecular flexibility index (Phi) is 2.89. The summed E-state index contributed by atoms with van der Waals surface area (Å²) in [7, 11) is 0. The van der Waals surface area contributed by atoms with Gasteiger partial charge in [0.25, 0.3) is 0 Å². The molecule has 0 aliphatic rings. The molecule has 3 aromatic rings. The fraction of sp³-hybridized carbons (Fsp3) is 0.0714. The van der Waals surface area contributed by atoms with Crippen LogP contribution in [-0.2, 0) is 0 Å². The van der Waals surface area contributed by atoms with E-state index in [1.807, 2.05) is 24.3 Å². The number of nitrogen functional groups attached to an aromatic ring is 1. The van der Waals surface area contributed by atoms with Crippen molar-refractivity contribution in [2.75, 3.05) is 5.73 Å². The van der Waals surface area contributed by atoms with Crippen molar-refractivity contribution in [3.05, 3.63) is 46.7 Å². The number of hydrogen-bond donors (Lipinski definition) is 1. The SMILES string of the molecule is Cc1sc(-c2ccccc2N)nc1-c1cccs1. The molecule has 0 unspecified atom stereocenters. The number of aryl methyl sites for hydroxylation is 1. The highest BCUT2D eigenvalue weighted by atomic mass is 32.1. The highest BCUT2D eigenvalue weighted by Crippen LogP contribution is 2.36. The predicted molar refractivity (Wildman–Crippen MR) is 80.0 cm³/mol. The van der Waals surface area contributed by atoms with Crippen LogP contribution in [0.1, 0.15) is 4.88 Å². The number of para-hydroxylation sites is 1. The van der Waals surface area contributed by atoms with Crippen LogP contribution >= 0.6 is 22.7 Å². The molecular formula is C14H12N2S2. The lowest BCUT2D eigenvalue weighted by Crippen LogP contribution is -1.88. The normalized spacial score (nSPS) is 10.7. The second kappa shape index (κ2) is 4.55. The minimum atomic E-state index is 0.781. The smallest absolute Gasteiger partial charge is 0.126 e. The topological polar surface area (TPSA) is 38.9 Å². The fourth-order valence-corrected chi connectivity index (χ4v) is 3.66. The number of aromatic nitrogens is 1. The summed E-state index contributed by atoms with van der Waals surface area (Å²) in [5.74, 6) is 0. The highest BCUT2D eigenvalue weighted by molar-refractivity contribution is 7.17. The van der Waals surface area contributed by atoms with E-state index in [0.29, 0.717) is 0 Å². The molecule has 0 bridgehead atoms. The zero-order chi connectivity index (χ0) is 12.5. The van der Waals surface area contributed by atoms with Crippen molar-refractivity contribution in [1.29, 1.82) is 0 Å². The average Bonchev–Trinajstić information content (AvgIpc) is 2.98. The molecule has 0 aliphatic carbocycles. The van der Waals surface area contributed by atoms with Crippen LogP contribution in [0.5, 0.6) is 0 Å². The van der Waals surface area contributed by atoms with Crippen LogP contribution in [0.4, 0.5) is 5.69 Å². The Labute approximate surface area is 114 Å². The highest BCUT2D eigenvalue weighted by Gasteiger charge is 2.13. The van der Waals surface area contributed by atoms with E-state index in [1.165, 1.54) is 9.75 Å². The summed E-state index contributed by atoms with van der Waals surface area (Å²) in [5, 5.41) is 3.07. The quantitative estimate of drug-likeness (QED) is 0.701. The average molecular weight is 272 g/mol. The lowest BCUT2D eigenvalue weighted by Gasteiger charge is -1.99. The lowest BCUT2D eigenvalue weighted by molar-refractivity contribution is 1.39. The van der Waals surface area contributed by atoms with Gasteiger partial charge >= 0.3 is 0 Å². The molecule has 18 heavy (non-hydrogen) atoms. The Morgan fingerprint density at radius 3 is 2.67 bits per heavy atom. The summed E-state index contributed by atoms with van der Waals surface area (Å²) in [6.45, 7) is 2.11. The molecule has 0 saturated heterocycles. The van der Waals surface area contributed by atoms with E-state index in [0.717, 1.165) is 22.0 Å². The molecule has 4 heteroatoms. The van der Waals surface area contributed by atoms with Crippen molar-refractivity contribution < 1.29 is 0 Å². The van der Waals surface area contributed by atoms with Gasteiger partial charge < -0.3 is 5.73 Å². The van der Waals surface area contributed by atoms with Crippen LogP contribution in [0.3, 0.4) is 0 Å². The maximum Gasteiger partial charge on any atom is 0.126 e. The van der Waals surface area contributed by atoms with Gasteiger partial charge in [0.2, 0.25) is 0 Å². The molecule has 90 valence electrons. The molecule has 2 aromatic heterocycles. The zero-order valence-electron chi connectivity index (χ0n) is 9.88. The molecule has 0 saturated carbocycles. The third kappa shape index (κ3) is 1.94. The van der Waals surface area contributed by atoms with E-state index in [2.05, 4.69) is 24.4 Å². The van der Waals surface area contributed by atoms with E-state index in [1.54, 1.807) is 22.7 Å². The van der Waals surface area contributed by atoms with E-state index in [-0.39, 0.29) is 0 Å². The standard InChI is InChI=1S/C14H12N2S2/c1-9-13(12-7-4-8-17-12)16-14(18-9)10-5-2-3-6-11(10)15/h2-8H,15H2,1H3. The summed E-state index contributed by atoms with van der Waals surface area (Å²) in [5.41, 5.74) is 8.88. The number of thiazole rings is 1. The Balaban J connectivity index is 2.11. The van der Waals surface area contributed by atoms with Gasteiger partial charge in [-0.15, -0.1) is 22.7 Å². The van der Waals surface area contributed by atoms with Gasteiger partial charge in [0.15, 0.2) is 0 Å². The summed E-state index contributed by atoms with van der Waals surface area (Å²) in [6, 6.07) is 12.0. The van der Waals surface area contributed by atoms with E-state index < -0.39 is 0 Å². The number of thiophene rings is 1. The van der Waals surface area contributed by atoms with Crippen LogP contribution in [0.2, 0.25) is 0 Å². The van der Waals surface area contributed by atoms with Gasteiger partial charge in [0, 0.05) is 16.1 Å². The van der Waals surface area contributed by atoms with Crippen LogP contribution in [0, 0.1) is 6.92 Å². The molecule has 0 spiro atoms. The maximum atomic E-state index is 6.00. The summed E-state index contributed by atoms with van der Waals surface area (Å²) >= 11 is 3.41. The van der Waals surface area contributed by atoms with Gasteiger partial charge in [0.05, 0.1) is 10.6 Å². The molecule has 0 amide bonds. The Morgan fingerprint density at radius 2 is 1.94 bits per heavy atom. The second-order valence-electron chi connectivity index (χ2n) is 3.99. The van der Waals surface area contributed by atoms with Gasteiger partial charge in [-0.3, -0.25) is 0 Å². The maximum absolute atomic E-state index is 6.00. The van der Waals surface area contributed by atoms with Crippen molar-refractivity contribution in [2.45, 2.75) is 6.92 Å². The van der Waals surface area contributed by atoms with Crippen LogP contribution < -0.4 is 5.73 Å². The zero-order valence-corrected chi connectivity index (χ0v) is 11.5. The molecule has 2 heterocycles. The molecule has 3 rings (SSSR count). The minimum Gasteiger partial charge on any atom is -0.398 e. The number of nitrogens with zero attached hydrogens (tertiary/aromatic N) is 1. The molecule has 2 nitrogen and oxygen atoms in total. The van der Waals surface area contributed by atoms with Gasteiger partial charge in [-0.2, -0.15) is 0 Å². The molecule has 0 atom stereocenters. The van der Waals surface area contributed by atoms with Crippen LogP contribution in [-0.4, -0.2) is 4.98 Å². The molecular weight excluding hydrogens is 260 g/mol. The lowest BCUT2D eigenvalue weighted by atomic mass is 10.2. The van der Waals surface area contributed by atoms with Gasteiger partial charge in [-0.1, -0.05) is 18.2 Å². The van der Waals surface area contributed by atoms with E-state index in [9.17, 15) is 0 Å². The van der Waals surface area contributed by atoms with Crippen molar-refractivity contribution in [3.63, 3.8) is 0 Å². The Hall–Kier alpha value is -1.65. The third-order valence-electron chi connectivity index (χ3n) is 2.74. The van der Waals surface area contributed by atoms with Crippen LogP contribution in [0.15, 0.2) is 41.8 Å². The predicted octanol–water partition coefficient (Wildman–Crippen LogP) is 4.43. The summed E-state index contributed by atoms with van der Waals surface area (Å²) in [4.78, 5) is 7.18. The van der Waals surface area contributed by atoms with E-state index in [4.69, 9.17) is 10.7 Å². The number of benzene rings is 1. The number of rotatable bonds is 2. The largest absolute Gasteiger partial charge is 0.398 e. The summed E-state index contributed by atoms with van der Waals surface area (Å²) in [6.07, 6.45) is 0. The monoisotopic (exact) mass is 272 g/mol. The second-order valence-corrected chi connectivity index (χ2v) is 6.14. The number of nitrogens with two attached hydrogens (primary N) is 1. The first-order valence-electron chi connectivity index (χ1n) is 5.62. The number of anilines is 1. The van der Waals surface area contributed by atoms with Crippen molar-refractivity contribution in [2.24, 2.45) is 0 Å². The fourth-order valence-electron chi connectivity index (χ4n) is 1.85. The van der Waals surface area contributed by atoms with Gasteiger partial charge in [0.1, 0.15) is 5.01 Å². The van der Waals surface area contributed by atoms with Crippen LogP contribution in [0.25, 0.3) is 21.1 Å². The van der Waals surface area contributed by atoms with Crippen molar-refractivity contribution in [1.82, 2.24) is 4.98 Å². The molecule has 0 fully saturated rings. The Bertz CT molecular complexity index is 669. The first kappa shape index (κ1) is 11.4. The van der Waals surface area contributed by atoms with Crippen molar-refractivity contribution in [3.8, 4) is 21.1 Å². The molecule has 2 N–H and O–H groups in total.